The van der Waals surface area contributed by atoms with Crippen molar-refractivity contribution in [1.29, 1.82) is 0 Å². The van der Waals surface area contributed by atoms with E-state index in [2.05, 4.69) is 0 Å². The largest absolute Gasteiger partial charge is 0.459 e. The van der Waals surface area contributed by atoms with Crippen molar-refractivity contribution in [2.75, 3.05) is 13.2 Å². The molecule has 2 N–H and O–H groups in total. The van der Waals surface area contributed by atoms with Gasteiger partial charge in [-0.15, -0.1) is 0 Å². The average molecular weight is 224 g/mol. The van der Waals surface area contributed by atoms with Crippen molar-refractivity contribution in [3.05, 3.63) is 34.9 Å². The normalized spacial score (nSPS) is 12.2. The Kier molecular flexibility index (Phi) is 4.46. The summed E-state index contributed by atoms with van der Waals surface area (Å²) in [7, 11) is 0. The molecule has 4 nitrogen and oxygen atoms in total. The first-order valence-electron chi connectivity index (χ1n) is 5.07. The van der Waals surface area contributed by atoms with E-state index >= 15 is 0 Å². The van der Waals surface area contributed by atoms with Crippen LogP contribution in [0, 0.1) is 13.8 Å². The molecule has 0 aliphatic carbocycles. The molecule has 0 radical (unpaired) electrons. The van der Waals surface area contributed by atoms with Crippen LogP contribution in [0.1, 0.15) is 21.5 Å². The van der Waals surface area contributed by atoms with Crippen LogP contribution in [0.4, 0.5) is 0 Å². The molecule has 0 bridgehead atoms. The third kappa shape index (κ3) is 3.64. The van der Waals surface area contributed by atoms with Gasteiger partial charge >= 0.3 is 5.97 Å². The summed E-state index contributed by atoms with van der Waals surface area (Å²) in [6.45, 7) is 3.18. The summed E-state index contributed by atoms with van der Waals surface area (Å²) < 4.78 is 4.84. The predicted molar refractivity (Wildman–Crippen MR) is 59.3 cm³/mol. The first-order valence-corrected chi connectivity index (χ1v) is 5.07. The second kappa shape index (κ2) is 5.63. The van der Waals surface area contributed by atoms with Crippen LogP contribution >= 0.6 is 0 Å². The van der Waals surface area contributed by atoms with E-state index in [9.17, 15) is 4.79 Å². The number of aliphatic hydroxyl groups excluding tert-OH is 2. The van der Waals surface area contributed by atoms with Crippen LogP contribution in [0.25, 0.3) is 0 Å². The molecule has 0 heterocycles. The standard InChI is InChI=1S/C12H16O4/c1-8-3-9(2)5-10(4-8)12(15)16-7-11(14)6-13/h3-5,11,13-14H,6-7H2,1-2H3. The Morgan fingerprint density at radius 2 is 1.88 bits per heavy atom. The van der Waals surface area contributed by atoms with Crippen molar-refractivity contribution < 1.29 is 19.7 Å². The van der Waals surface area contributed by atoms with Gasteiger partial charge in [-0.25, -0.2) is 4.79 Å². The number of esters is 1. The highest BCUT2D eigenvalue weighted by molar-refractivity contribution is 5.89. The second-order valence-corrected chi connectivity index (χ2v) is 3.81. The minimum Gasteiger partial charge on any atom is -0.459 e. The number of rotatable bonds is 4. The van der Waals surface area contributed by atoms with Gasteiger partial charge in [0.05, 0.1) is 12.2 Å². The number of carbonyl (C=O) groups excluding carboxylic acids is 1. The van der Waals surface area contributed by atoms with Gasteiger partial charge in [-0.3, -0.25) is 0 Å². The lowest BCUT2D eigenvalue weighted by molar-refractivity contribution is 0.00932. The summed E-state index contributed by atoms with van der Waals surface area (Å²) in [5.41, 5.74) is 2.42. The van der Waals surface area contributed by atoms with Crippen molar-refractivity contribution in [3.8, 4) is 0 Å². The lowest BCUT2D eigenvalue weighted by Crippen LogP contribution is -2.22. The summed E-state index contributed by atoms with van der Waals surface area (Å²) in [4.78, 5) is 11.6. The first-order chi connectivity index (χ1) is 7.52. The molecule has 0 spiro atoms. The molecule has 0 fully saturated rings. The number of aryl methyl sites for hydroxylation is 2. The molecule has 0 amide bonds. The number of benzene rings is 1. The second-order valence-electron chi connectivity index (χ2n) is 3.81. The van der Waals surface area contributed by atoms with E-state index in [1.807, 2.05) is 19.9 Å². The molecule has 1 unspecified atom stereocenters. The van der Waals surface area contributed by atoms with Crippen LogP contribution in [0.2, 0.25) is 0 Å². The van der Waals surface area contributed by atoms with Gasteiger partial charge in [0.1, 0.15) is 12.7 Å². The van der Waals surface area contributed by atoms with Crippen LogP contribution in [0.15, 0.2) is 18.2 Å². The van der Waals surface area contributed by atoms with E-state index in [0.29, 0.717) is 5.56 Å². The fraction of sp³-hybridized carbons (Fsp3) is 0.417. The third-order valence-electron chi connectivity index (χ3n) is 2.07. The molecular weight excluding hydrogens is 208 g/mol. The lowest BCUT2D eigenvalue weighted by Gasteiger charge is -2.09. The minimum absolute atomic E-state index is 0.192. The Morgan fingerprint density at radius 1 is 1.31 bits per heavy atom. The monoisotopic (exact) mass is 224 g/mol. The summed E-state index contributed by atoms with van der Waals surface area (Å²) in [6, 6.07) is 5.40. The molecule has 4 heteroatoms. The third-order valence-corrected chi connectivity index (χ3v) is 2.07. The molecule has 0 aromatic heterocycles. The van der Waals surface area contributed by atoms with Crippen LogP contribution in [0.3, 0.4) is 0 Å². The van der Waals surface area contributed by atoms with E-state index in [1.165, 1.54) is 0 Å². The number of hydrogen-bond acceptors (Lipinski definition) is 4. The Hall–Kier alpha value is -1.39. The maximum atomic E-state index is 11.6. The molecule has 0 saturated carbocycles. The smallest absolute Gasteiger partial charge is 0.338 e. The Balaban J connectivity index is 2.66. The summed E-state index contributed by atoms with van der Waals surface area (Å²) in [5, 5.41) is 17.6. The SMILES string of the molecule is Cc1cc(C)cc(C(=O)OCC(O)CO)c1. The van der Waals surface area contributed by atoms with E-state index in [4.69, 9.17) is 14.9 Å². The first kappa shape index (κ1) is 12.7. The predicted octanol–water partition coefficient (Wildman–Crippen LogP) is 0.813. The molecule has 1 atom stereocenters. The molecule has 0 aliphatic heterocycles. The van der Waals surface area contributed by atoms with Crippen LogP contribution in [0.5, 0.6) is 0 Å². The average Bonchev–Trinajstić information content (AvgIpc) is 2.23. The highest BCUT2D eigenvalue weighted by Crippen LogP contribution is 2.10. The number of ether oxygens (including phenoxy) is 1. The fourth-order valence-corrected chi connectivity index (χ4v) is 1.40. The van der Waals surface area contributed by atoms with Crippen molar-refractivity contribution in [3.63, 3.8) is 0 Å². The molecule has 0 saturated heterocycles. The van der Waals surface area contributed by atoms with Crippen molar-refractivity contribution in [2.45, 2.75) is 20.0 Å². The van der Waals surface area contributed by atoms with Crippen LogP contribution in [-0.4, -0.2) is 35.5 Å². The van der Waals surface area contributed by atoms with Gasteiger partial charge in [-0.1, -0.05) is 17.2 Å². The zero-order valence-electron chi connectivity index (χ0n) is 9.43. The summed E-state index contributed by atoms with van der Waals surface area (Å²) >= 11 is 0. The van der Waals surface area contributed by atoms with Gasteiger partial charge in [0.2, 0.25) is 0 Å². The maximum absolute atomic E-state index is 11.6. The molecule has 16 heavy (non-hydrogen) atoms. The van der Waals surface area contributed by atoms with Gasteiger partial charge < -0.3 is 14.9 Å². The van der Waals surface area contributed by atoms with Crippen LogP contribution < -0.4 is 0 Å². The Bertz CT molecular complexity index is 353. The molecule has 1 rings (SSSR count). The van der Waals surface area contributed by atoms with E-state index in [1.54, 1.807) is 12.1 Å². The molecule has 1 aromatic rings. The zero-order valence-corrected chi connectivity index (χ0v) is 9.43. The maximum Gasteiger partial charge on any atom is 0.338 e. The van der Waals surface area contributed by atoms with Crippen molar-refractivity contribution in [1.82, 2.24) is 0 Å². The minimum atomic E-state index is -1.02. The summed E-state index contributed by atoms with van der Waals surface area (Å²) in [6.07, 6.45) is -1.02. The number of carbonyl (C=O) groups is 1. The molecular formula is C12H16O4. The van der Waals surface area contributed by atoms with Gasteiger partial charge in [0.15, 0.2) is 0 Å². The molecule has 0 aliphatic rings. The number of aliphatic hydroxyl groups is 2. The quantitative estimate of drug-likeness (QED) is 0.743. The van der Waals surface area contributed by atoms with Crippen LogP contribution in [-0.2, 0) is 4.74 Å². The number of hydrogen-bond donors (Lipinski definition) is 2. The van der Waals surface area contributed by atoms with E-state index < -0.39 is 18.7 Å². The Morgan fingerprint density at radius 3 is 2.38 bits per heavy atom. The topological polar surface area (TPSA) is 66.8 Å². The van der Waals surface area contributed by atoms with Crippen molar-refractivity contribution >= 4 is 5.97 Å². The fourth-order valence-electron chi connectivity index (χ4n) is 1.40. The Labute approximate surface area is 94.5 Å². The van der Waals surface area contributed by atoms with E-state index in [0.717, 1.165) is 11.1 Å². The van der Waals surface area contributed by atoms with Crippen molar-refractivity contribution in [2.24, 2.45) is 0 Å². The van der Waals surface area contributed by atoms with Gasteiger partial charge in [-0.2, -0.15) is 0 Å². The summed E-state index contributed by atoms with van der Waals surface area (Å²) in [5.74, 6) is -0.487. The highest BCUT2D eigenvalue weighted by atomic mass is 16.5. The molecule has 88 valence electrons. The van der Waals surface area contributed by atoms with Gasteiger partial charge in [-0.05, 0) is 26.0 Å². The van der Waals surface area contributed by atoms with E-state index in [-0.39, 0.29) is 6.61 Å². The lowest BCUT2D eigenvalue weighted by atomic mass is 10.1. The van der Waals surface area contributed by atoms with Gasteiger partial charge in [0, 0.05) is 0 Å². The molecule has 1 aromatic carbocycles. The highest BCUT2D eigenvalue weighted by Gasteiger charge is 2.10. The van der Waals surface area contributed by atoms with Gasteiger partial charge in [0.25, 0.3) is 0 Å². The zero-order chi connectivity index (χ0) is 12.1.